The van der Waals surface area contributed by atoms with Gasteiger partial charge in [0.25, 0.3) is 0 Å². The third-order valence-corrected chi connectivity index (χ3v) is 6.24. The molecule has 0 aliphatic rings. The van der Waals surface area contributed by atoms with Gasteiger partial charge in [-0.2, -0.15) is 0 Å². The van der Waals surface area contributed by atoms with Gasteiger partial charge in [-0.05, 0) is 73.7 Å². The van der Waals surface area contributed by atoms with Crippen LogP contribution in [-0.4, -0.2) is 22.8 Å². The molecule has 0 aliphatic heterocycles. The van der Waals surface area contributed by atoms with Crippen molar-refractivity contribution in [1.82, 2.24) is 4.98 Å². The molecule has 0 unspecified atom stereocenters. The second-order valence-corrected chi connectivity index (χ2v) is 10.6. The van der Waals surface area contributed by atoms with Gasteiger partial charge in [-0.25, -0.2) is 9.59 Å². The van der Waals surface area contributed by atoms with Gasteiger partial charge in [0, 0.05) is 34.2 Å². The Morgan fingerprint density at radius 1 is 0.923 bits per heavy atom. The number of hydrogen-bond donors (Lipinski definition) is 3. The fourth-order valence-electron chi connectivity index (χ4n) is 3.54. The van der Waals surface area contributed by atoms with Crippen molar-refractivity contribution in [1.29, 1.82) is 0 Å². The molecule has 2 aromatic heterocycles. The van der Waals surface area contributed by atoms with Crippen molar-refractivity contribution in [3.63, 3.8) is 0 Å². The van der Waals surface area contributed by atoms with Crippen LogP contribution in [0, 0.1) is 0 Å². The number of nitrogens with one attached hydrogen (secondary N) is 3. The Morgan fingerprint density at radius 3 is 2.38 bits per heavy atom. The first-order chi connectivity index (χ1) is 18.7. The van der Waals surface area contributed by atoms with Gasteiger partial charge in [-0.1, -0.05) is 36.9 Å². The minimum atomic E-state index is -0.626. The predicted octanol–water partition coefficient (Wildman–Crippen LogP) is 7.99. The van der Waals surface area contributed by atoms with E-state index in [1.54, 1.807) is 41.9 Å². The van der Waals surface area contributed by atoms with E-state index in [1.807, 2.05) is 74.7 Å². The summed E-state index contributed by atoms with van der Waals surface area (Å²) in [5, 5.41) is 10.9. The zero-order valence-corrected chi connectivity index (χ0v) is 22.8. The van der Waals surface area contributed by atoms with Crippen molar-refractivity contribution in [2.45, 2.75) is 33.0 Å². The Balaban J connectivity index is 1.44. The van der Waals surface area contributed by atoms with Crippen molar-refractivity contribution in [3.8, 4) is 10.4 Å². The Morgan fingerprint density at radius 2 is 1.72 bits per heavy atom. The number of carbonyl (C=O) groups excluding carboxylic acids is 2. The first-order valence-electron chi connectivity index (χ1n) is 12.2. The first-order valence-corrected chi connectivity index (χ1v) is 13.1. The number of nitrogens with zero attached hydrogens (tertiary/aromatic N) is 1. The van der Waals surface area contributed by atoms with Gasteiger partial charge in [0.15, 0.2) is 0 Å². The number of rotatable bonds is 8. The lowest BCUT2D eigenvalue weighted by atomic mass is 10.1. The third kappa shape index (κ3) is 8.18. The van der Waals surface area contributed by atoms with Crippen LogP contribution < -0.4 is 16.0 Å². The summed E-state index contributed by atoms with van der Waals surface area (Å²) >= 11 is 1.63. The van der Waals surface area contributed by atoms with Gasteiger partial charge in [0.2, 0.25) is 0 Å². The second kappa shape index (κ2) is 12.3. The molecule has 0 saturated heterocycles. The quantitative estimate of drug-likeness (QED) is 0.209. The van der Waals surface area contributed by atoms with Crippen LogP contribution in [-0.2, 0) is 16.1 Å². The number of pyridine rings is 1. The number of anilines is 3. The largest absolute Gasteiger partial charge is 0.444 e. The number of carbonyl (C=O) groups is 2. The lowest BCUT2D eigenvalue weighted by Gasteiger charge is -2.21. The lowest BCUT2D eigenvalue weighted by Crippen LogP contribution is -2.27. The van der Waals surface area contributed by atoms with E-state index in [0.29, 0.717) is 22.8 Å². The zero-order valence-electron chi connectivity index (χ0n) is 22.0. The fraction of sp³-hybridized carbons (Fsp3) is 0.167. The third-order valence-electron chi connectivity index (χ3n) is 5.32. The summed E-state index contributed by atoms with van der Waals surface area (Å²) in [5.41, 5.74) is 4.38. The van der Waals surface area contributed by atoms with E-state index in [9.17, 15) is 9.59 Å². The molecule has 8 nitrogen and oxygen atoms in total. The van der Waals surface area contributed by atoms with Gasteiger partial charge in [0.1, 0.15) is 12.2 Å². The molecule has 9 heteroatoms. The summed E-state index contributed by atoms with van der Waals surface area (Å²) < 4.78 is 10.7. The SMILES string of the molecule is C=C(Nc1cc(-c2cccs2)ccc1NC(=O)OC(C)(C)C)c1ccc(NC(=O)OCc2cccnc2)cc1. The smallest absolute Gasteiger partial charge is 0.412 e. The Kier molecular flexibility index (Phi) is 8.63. The maximum atomic E-state index is 12.5. The number of amides is 2. The molecule has 200 valence electrons. The Bertz CT molecular complexity index is 1430. The molecule has 0 aliphatic carbocycles. The summed E-state index contributed by atoms with van der Waals surface area (Å²) in [6.45, 7) is 9.74. The lowest BCUT2D eigenvalue weighted by molar-refractivity contribution is 0.0636. The highest BCUT2D eigenvalue weighted by molar-refractivity contribution is 7.13. The molecular weight excluding hydrogens is 512 g/mol. The summed E-state index contributed by atoms with van der Waals surface area (Å²) in [6, 6.07) is 20.5. The summed E-state index contributed by atoms with van der Waals surface area (Å²) in [5.74, 6) is 0. The Labute approximate surface area is 231 Å². The molecule has 2 heterocycles. The Hall–Kier alpha value is -4.63. The maximum Gasteiger partial charge on any atom is 0.412 e. The number of thiophene rings is 1. The van der Waals surface area contributed by atoms with Crippen molar-refractivity contribution in [2.75, 3.05) is 16.0 Å². The highest BCUT2D eigenvalue weighted by Crippen LogP contribution is 2.33. The molecule has 4 aromatic rings. The van der Waals surface area contributed by atoms with Crippen LogP contribution in [0.3, 0.4) is 0 Å². The molecule has 2 amide bonds. The van der Waals surface area contributed by atoms with Crippen LogP contribution in [0.2, 0.25) is 0 Å². The minimum absolute atomic E-state index is 0.128. The van der Waals surface area contributed by atoms with Crippen LogP contribution in [0.4, 0.5) is 26.7 Å². The van der Waals surface area contributed by atoms with E-state index >= 15 is 0 Å². The highest BCUT2D eigenvalue weighted by Gasteiger charge is 2.18. The summed E-state index contributed by atoms with van der Waals surface area (Å²) in [4.78, 5) is 29.7. The molecular formula is C30H30N4O4S. The topological polar surface area (TPSA) is 102 Å². The standard InChI is InChI=1S/C30H30N4O4S/c1-20(22-9-12-24(13-10-22)33-28(35)37-19-21-7-5-15-31-18-21)32-26-17-23(27-8-6-16-39-27)11-14-25(26)34-29(36)38-30(2,3)4/h5-18,32H,1,19H2,2-4H3,(H,33,35)(H,34,36). The van der Waals surface area contributed by atoms with Gasteiger partial charge >= 0.3 is 12.2 Å². The zero-order chi connectivity index (χ0) is 27.8. The molecule has 2 aromatic carbocycles. The first kappa shape index (κ1) is 27.4. The molecule has 0 fully saturated rings. The molecule has 0 saturated carbocycles. The van der Waals surface area contributed by atoms with Gasteiger partial charge < -0.3 is 14.8 Å². The van der Waals surface area contributed by atoms with E-state index in [-0.39, 0.29) is 6.61 Å². The summed E-state index contributed by atoms with van der Waals surface area (Å²) in [7, 11) is 0. The fourth-order valence-corrected chi connectivity index (χ4v) is 4.27. The molecule has 0 spiro atoms. The van der Waals surface area contributed by atoms with E-state index in [2.05, 4.69) is 27.5 Å². The van der Waals surface area contributed by atoms with Gasteiger partial charge in [0.05, 0.1) is 11.4 Å². The minimum Gasteiger partial charge on any atom is -0.444 e. The van der Waals surface area contributed by atoms with E-state index in [0.717, 1.165) is 21.6 Å². The van der Waals surface area contributed by atoms with Crippen LogP contribution in [0.5, 0.6) is 0 Å². The molecule has 0 atom stereocenters. The normalized spacial score (nSPS) is 10.8. The average molecular weight is 543 g/mol. The number of aromatic nitrogens is 1. The molecule has 39 heavy (non-hydrogen) atoms. The average Bonchev–Trinajstić information content (AvgIpc) is 3.43. The van der Waals surface area contributed by atoms with Crippen LogP contribution in [0.25, 0.3) is 16.1 Å². The van der Waals surface area contributed by atoms with E-state index in [4.69, 9.17) is 9.47 Å². The van der Waals surface area contributed by atoms with Crippen molar-refractivity contribution in [2.24, 2.45) is 0 Å². The van der Waals surface area contributed by atoms with Gasteiger partial charge in [-0.15, -0.1) is 11.3 Å². The van der Waals surface area contributed by atoms with Crippen molar-refractivity contribution < 1.29 is 19.1 Å². The van der Waals surface area contributed by atoms with Crippen LogP contribution in [0.15, 0.2) is 91.1 Å². The maximum absolute atomic E-state index is 12.5. The number of hydrogen-bond acceptors (Lipinski definition) is 7. The number of ether oxygens (including phenoxy) is 2. The monoisotopic (exact) mass is 542 g/mol. The predicted molar refractivity (Wildman–Crippen MR) is 157 cm³/mol. The summed E-state index contributed by atoms with van der Waals surface area (Å²) in [6.07, 6.45) is 2.19. The molecule has 0 bridgehead atoms. The van der Waals surface area contributed by atoms with Crippen LogP contribution >= 0.6 is 11.3 Å². The van der Waals surface area contributed by atoms with Crippen LogP contribution in [0.1, 0.15) is 31.9 Å². The molecule has 3 N–H and O–H groups in total. The van der Waals surface area contributed by atoms with Crippen molar-refractivity contribution >= 4 is 46.3 Å². The van der Waals surface area contributed by atoms with Crippen molar-refractivity contribution in [3.05, 3.63) is 102 Å². The molecule has 0 radical (unpaired) electrons. The highest BCUT2D eigenvalue weighted by atomic mass is 32.1. The molecule has 4 rings (SSSR count). The van der Waals surface area contributed by atoms with Gasteiger partial charge in [-0.3, -0.25) is 15.6 Å². The van der Waals surface area contributed by atoms with E-state index in [1.165, 1.54) is 0 Å². The second-order valence-electron chi connectivity index (χ2n) is 9.61. The van der Waals surface area contributed by atoms with E-state index < -0.39 is 17.8 Å². The number of benzene rings is 2.